The summed E-state index contributed by atoms with van der Waals surface area (Å²) in [5.41, 5.74) is -0.775. The van der Waals surface area contributed by atoms with E-state index < -0.39 is 11.7 Å². The van der Waals surface area contributed by atoms with Crippen molar-refractivity contribution in [1.82, 2.24) is 5.32 Å². The largest absolute Gasteiger partial charge is 0.416 e. The molecule has 0 radical (unpaired) electrons. The Kier molecular flexibility index (Phi) is 6.48. The summed E-state index contributed by atoms with van der Waals surface area (Å²) in [6.45, 7) is 1.45. The lowest BCUT2D eigenvalue weighted by molar-refractivity contribution is -0.108. The van der Waals surface area contributed by atoms with Crippen LogP contribution in [0.4, 0.5) is 13.2 Å². The Hall–Kier alpha value is -1.30. The molecule has 0 aliphatic heterocycles. The minimum atomic E-state index is -4.43. The topological polar surface area (TPSA) is 38.3 Å². The normalized spacial score (nSPS) is 13.8. The number of allylic oxidation sites excluding steroid dienone is 2. The van der Waals surface area contributed by atoms with Crippen LogP contribution in [-0.2, 0) is 9.53 Å². The van der Waals surface area contributed by atoms with Gasteiger partial charge in [0.25, 0.3) is 0 Å². The summed E-state index contributed by atoms with van der Waals surface area (Å²) in [6.07, 6.45) is -2.03. The van der Waals surface area contributed by atoms with Crippen LogP contribution < -0.4 is 5.32 Å². The molecule has 6 heteroatoms. The maximum atomic E-state index is 12.6. The summed E-state index contributed by atoms with van der Waals surface area (Å²) in [6, 6.07) is 0. The van der Waals surface area contributed by atoms with Gasteiger partial charge >= 0.3 is 6.18 Å². The molecule has 0 aromatic heterocycles. The fraction of sp³-hybridized carbons (Fsp3) is 0.500. The van der Waals surface area contributed by atoms with Crippen molar-refractivity contribution in [3.05, 3.63) is 23.4 Å². The fourth-order valence-corrected chi connectivity index (χ4v) is 1.16. The SMILES string of the molecule is C/C=C(\C(=C/NC=O)CCOC)C(F)(F)F. The highest BCUT2D eigenvalue weighted by Gasteiger charge is 2.34. The molecule has 92 valence electrons. The van der Waals surface area contributed by atoms with Crippen LogP contribution >= 0.6 is 0 Å². The average Bonchev–Trinajstić information content (AvgIpc) is 2.20. The second-order valence-corrected chi connectivity index (χ2v) is 2.90. The Labute approximate surface area is 92.0 Å². The van der Waals surface area contributed by atoms with Crippen LogP contribution in [-0.4, -0.2) is 26.3 Å². The molecule has 0 bridgehead atoms. The molecular formula is C10H14F3NO2. The Morgan fingerprint density at radius 1 is 1.44 bits per heavy atom. The minimum Gasteiger partial charge on any atom is -0.384 e. The molecular weight excluding hydrogens is 223 g/mol. The molecule has 0 saturated heterocycles. The molecule has 0 atom stereocenters. The van der Waals surface area contributed by atoms with Crippen molar-refractivity contribution in [2.45, 2.75) is 19.5 Å². The van der Waals surface area contributed by atoms with E-state index in [2.05, 4.69) is 5.32 Å². The van der Waals surface area contributed by atoms with Crippen LogP contribution in [0, 0.1) is 0 Å². The molecule has 0 heterocycles. The number of alkyl halides is 3. The van der Waals surface area contributed by atoms with Crippen molar-refractivity contribution >= 4 is 6.41 Å². The van der Waals surface area contributed by atoms with Gasteiger partial charge in [-0.2, -0.15) is 13.2 Å². The van der Waals surface area contributed by atoms with E-state index in [1.165, 1.54) is 14.0 Å². The summed E-state index contributed by atoms with van der Waals surface area (Å²) < 4.78 is 42.4. The molecule has 16 heavy (non-hydrogen) atoms. The molecule has 1 amide bonds. The highest BCUT2D eigenvalue weighted by Crippen LogP contribution is 2.32. The van der Waals surface area contributed by atoms with Crippen molar-refractivity contribution in [2.24, 2.45) is 0 Å². The number of nitrogens with one attached hydrogen (secondary N) is 1. The number of hydrogen-bond acceptors (Lipinski definition) is 2. The first-order chi connectivity index (χ1) is 7.47. The standard InChI is InChI=1S/C10H14F3NO2/c1-3-9(10(11,12)13)8(4-5-16-2)6-14-7-15/h3,6-7H,4-5H2,1-2H3,(H,14,15)/b8-6-,9-3+. The summed E-state index contributed by atoms with van der Waals surface area (Å²) in [5.74, 6) is 0. The van der Waals surface area contributed by atoms with Gasteiger partial charge in [0.05, 0.1) is 12.2 Å². The summed E-state index contributed by atoms with van der Waals surface area (Å²) in [5, 5.41) is 2.11. The third-order valence-corrected chi connectivity index (χ3v) is 1.84. The van der Waals surface area contributed by atoms with Gasteiger partial charge in [0.15, 0.2) is 0 Å². The Bertz CT molecular complexity index is 282. The molecule has 0 spiro atoms. The number of methoxy groups -OCH3 is 1. The molecule has 0 aliphatic carbocycles. The number of hydrogen-bond donors (Lipinski definition) is 1. The monoisotopic (exact) mass is 237 g/mol. The van der Waals surface area contributed by atoms with Crippen LogP contribution in [0.1, 0.15) is 13.3 Å². The maximum absolute atomic E-state index is 12.6. The quantitative estimate of drug-likeness (QED) is 0.568. The first-order valence-electron chi connectivity index (χ1n) is 4.59. The molecule has 1 N–H and O–H groups in total. The molecule has 0 saturated carbocycles. The van der Waals surface area contributed by atoms with Gasteiger partial charge < -0.3 is 10.1 Å². The van der Waals surface area contributed by atoms with Gasteiger partial charge in [-0.25, -0.2) is 0 Å². The second kappa shape index (κ2) is 7.05. The van der Waals surface area contributed by atoms with E-state index in [0.29, 0.717) is 6.41 Å². The van der Waals surface area contributed by atoms with Gasteiger partial charge in [0.2, 0.25) is 6.41 Å². The summed E-state index contributed by atoms with van der Waals surface area (Å²) >= 11 is 0. The number of amides is 1. The molecule has 0 unspecified atom stereocenters. The zero-order chi connectivity index (χ0) is 12.6. The van der Waals surface area contributed by atoms with Crippen LogP contribution in [0.25, 0.3) is 0 Å². The lowest BCUT2D eigenvalue weighted by atomic mass is 10.0. The van der Waals surface area contributed by atoms with Gasteiger partial charge in [0.1, 0.15) is 0 Å². The van der Waals surface area contributed by atoms with E-state index in [-0.39, 0.29) is 18.6 Å². The summed E-state index contributed by atoms with van der Waals surface area (Å²) in [7, 11) is 1.40. The number of ether oxygens (including phenoxy) is 1. The van der Waals surface area contributed by atoms with E-state index in [9.17, 15) is 18.0 Å². The number of halogens is 3. The number of rotatable bonds is 6. The van der Waals surface area contributed by atoms with Crippen molar-refractivity contribution < 1.29 is 22.7 Å². The molecule has 0 aromatic carbocycles. The zero-order valence-electron chi connectivity index (χ0n) is 9.10. The number of carbonyl (C=O) groups is 1. The highest BCUT2D eigenvalue weighted by atomic mass is 19.4. The van der Waals surface area contributed by atoms with E-state index in [4.69, 9.17) is 4.74 Å². The second-order valence-electron chi connectivity index (χ2n) is 2.90. The lowest BCUT2D eigenvalue weighted by Gasteiger charge is -2.14. The molecule has 0 fully saturated rings. The van der Waals surface area contributed by atoms with Gasteiger partial charge in [-0.3, -0.25) is 4.79 Å². The van der Waals surface area contributed by atoms with Gasteiger partial charge in [-0.15, -0.1) is 0 Å². The third kappa shape index (κ3) is 4.97. The van der Waals surface area contributed by atoms with Crippen molar-refractivity contribution in [3.8, 4) is 0 Å². The Morgan fingerprint density at radius 3 is 2.44 bits per heavy atom. The smallest absolute Gasteiger partial charge is 0.384 e. The van der Waals surface area contributed by atoms with E-state index in [1.807, 2.05) is 0 Å². The van der Waals surface area contributed by atoms with Crippen LogP contribution in [0.5, 0.6) is 0 Å². The van der Waals surface area contributed by atoms with Gasteiger partial charge in [0, 0.05) is 13.3 Å². The van der Waals surface area contributed by atoms with Crippen LogP contribution in [0.15, 0.2) is 23.4 Å². The van der Waals surface area contributed by atoms with Crippen molar-refractivity contribution in [1.29, 1.82) is 0 Å². The highest BCUT2D eigenvalue weighted by molar-refractivity contribution is 5.49. The molecule has 0 aliphatic rings. The minimum absolute atomic E-state index is 0.0102. The van der Waals surface area contributed by atoms with Crippen LogP contribution in [0.2, 0.25) is 0 Å². The maximum Gasteiger partial charge on any atom is 0.416 e. The lowest BCUT2D eigenvalue weighted by Crippen LogP contribution is -2.16. The van der Waals surface area contributed by atoms with E-state index >= 15 is 0 Å². The Morgan fingerprint density at radius 2 is 2.06 bits per heavy atom. The molecule has 0 rings (SSSR count). The average molecular weight is 237 g/mol. The number of carbonyl (C=O) groups excluding carboxylic acids is 1. The Balaban J connectivity index is 4.92. The molecule has 0 aromatic rings. The first-order valence-corrected chi connectivity index (χ1v) is 4.59. The zero-order valence-corrected chi connectivity index (χ0v) is 9.10. The summed E-state index contributed by atoms with van der Waals surface area (Å²) in [4.78, 5) is 10.1. The predicted molar refractivity (Wildman–Crippen MR) is 53.6 cm³/mol. The predicted octanol–water partition coefficient (Wildman–Crippen LogP) is 2.16. The fourth-order valence-electron chi connectivity index (χ4n) is 1.16. The van der Waals surface area contributed by atoms with Gasteiger partial charge in [-0.05, 0) is 18.9 Å². The third-order valence-electron chi connectivity index (χ3n) is 1.84. The van der Waals surface area contributed by atoms with Gasteiger partial charge in [-0.1, -0.05) is 6.08 Å². The van der Waals surface area contributed by atoms with E-state index in [0.717, 1.165) is 12.3 Å². The van der Waals surface area contributed by atoms with Crippen molar-refractivity contribution in [2.75, 3.05) is 13.7 Å². The first kappa shape index (κ1) is 14.7. The van der Waals surface area contributed by atoms with Crippen LogP contribution in [0.3, 0.4) is 0 Å². The van der Waals surface area contributed by atoms with E-state index in [1.54, 1.807) is 0 Å². The molecule has 3 nitrogen and oxygen atoms in total. The van der Waals surface area contributed by atoms with Crippen molar-refractivity contribution in [3.63, 3.8) is 0 Å².